The lowest BCUT2D eigenvalue weighted by molar-refractivity contribution is 0.638. The van der Waals surface area contributed by atoms with Crippen molar-refractivity contribution in [1.29, 1.82) is 0 Å². The molecule has 0 N–H and O–H groups in total. The molecule has 3 aromatic rings. The molecule has 0 bridgehead atoms. The van der Waals surface area contributed by atoms with Crippen LogP contribution in [-0.2, 0) is 0 Å². The van der Waals surface area contributed by atoms with Gasteiger partial charge in [0.05, 0.1) is 16.5 Å². The standard InChI is InChI=1S/C10H7N3O/c1-6-8-7-3-2-4-11-9(7)14-10(8)13-5-12-6/h2-5H,1H3. The number of fused-ring (bicyclic) bond motifs is 3. The maximum absolute atomic E-state index is 5.47. The monoisotopic (exact) mass is 185 g/mol. The predicted molar refractivity (Wildman–Crippen MR) is 51.8 cm³/mol. The summed E-state index contributed by atoms with van der Waals surface area (Å²) in [7, 11) is 0. The van der Waals surface area contributed by atoms with Crippen LogP contribution in [0.3, 0.4) is 0 Å². The number of hydrogen-bond acceptors (Lipinski definition) is 4. The minimum absolute atomic E-state index is 0.603. The van der Waals surface area contributed by atoms with Gasteiger partial charge in [0.25, 0.3) is 0 Å². The molecule has 0 atom stereocenters. The van der Waals surface area contributed by atoms with Crippen LogP contribution in [-0.4, -0.2) is 15.0 Å². The minimum Gasteiger partial charge on any atom is -0.419 e. The number of nitrogens with zero attached hydrogens (tertiary/aromatic N) is 3. The summed E-state index contributed by atoms with van der Waals surface area (Å²) in [5.74, 6) is 0. The molecule has 0 unspecified atom stereocenters. The largest absolute Gasteiger partial charge is 0.419 e. The Morgan fingerprint density at radius 1 is 1.14 bits per heavy atom. The fourth-order valence-corrected chi connectivity index (χ4v) is 1.59. The smallest absolute Gasteiger partial charge is 0.232 e. The Morgan fingerprint density at radius 3 is 3.00 bits per heavy atom. The second kappa shape index (κ2) is 2.51. The van der Waals surface area contributed by atoms with Gasteiger partial charge in [0, 0.05) is 6.20 Å². The minimum atomic E-state index is 0.603. The zero-order valence-electron chi connectivity index (χ0n) is 7.56. The molecular formula is C10H7N3O. The molecule has 3 aromatic heterocycles. The van der Waals surface area contributed by atoms with E-state index in [-0.39, 0.29) is 0 Å². The van der Waals surface area contributed by atoms with E-state index in [0.717, 1.165) is 16.5 Å². The van der Waals surface area contributed by atoms with Gasteiger partial charge in [-0.05, 0) is 19.1 Å². The fourth-order valence-electron chi connectivity index (χ4n) is 1.59. The highest BCUT2D eigenvalue weighted by molar-refractivity contribution is 6.03. The molecule has 0 amide bonds. The quantitative estimate of drug-likeness (QED) is 0.538. The van der Waals surface area contributed by atoms with Gasteiger partial charge >= 0.3 is 0 Å². The van der Waals surface area contributed by atoms with Crippen molar-refractivity contribution in [3.63, 3.8) is 0 Å². The summed E-state index contributed by atoms with van der Waals surface area (Å²) in [4.78, 5) is 12.3. The molecule has 0 aliphatic rings. The number of hydrogen-bond donors (Lipinski definition) is 0. The SMILES string of the molecule is Cc1ncnc2oc3ncccc3c12. The topological polar surface area (TPSA) is 51.8 Å². The highest BCUT2D eigenvalue weighted by Crippen LogP contribution is 2.26. The molecule has 0 aromatic carbocycles. The van der Waals surface area contributed by atoms with Gasteiger partial charge in [0.2, 0.25) is 11.4 Å². The summed E-state index contributed by atoms with van der Waals surface area (Å²) in [6.45, 7) is 1.94. The van der Waals surface area contributed by atoms with Crippen LogP contribution in [0.2, 0.25) is 0 Å². The Balaban J connectivity index is 2.65. The number of rotatable bonds is 0. The Hall–Kier alpha value is -1.97. The molecule has 3 rings (SSSR count). The van der Waals surface area contributed by atoms with E-state index in [1.807, 2.05) is 19.1 Å². The molecule has 0 radical (unpaired) electrons. The van der Waals surface area contributed by atoms with Crippen molar-refractivity contribution in [2.45, 2.75) is 6.92 Å². The summed E-state index contributed by atoms with van der Waals surface area (Å²) in [5, 5.41) is 1.93. The van der Waals surface area contributed by atoms with Gasteiger partial charge in [-0.25, -0.2) is 15.0 Å². The van der Waals surface area contributed by atoms with Gasteiger partial charge in [-0.2, -0.15) is 0 Å². The Morgan fingerprint density at radius 2 is 2.07 bits per heavy atom. The first-order valence-electron chi connectivity index (χ1n) is 4.31. The van der Waals surface area contributed by atoms with Crippen LogP contribution in [0.15, 0.2) is 29.1 Å². The molecule has 4 nitrogen and oxygen atoms in total. The van der Waals surface area contributed by atoms with Crippen molar-refractivity contribution in [2.75, 3.05) is 0 Å². The number of pyridine rings is 1. The highest BCUT2D eigenvalue weighted by atomic mass is 16.3. The van der Waals surface area contributed by atoms with E-state index in [0.29, 0.717) is 11.4 Å². The van der Waals surface area contributed by atoms with Crippen molar-refractivity contribution >= 4 is 22.2 Å². The van der Waals surface area contributed by atoms with Gasteiger partial charge in [-0.1, -0.05) is 0 Å². The van der Waals surface area contributed by atoms with Crippen molar-refractivity contribution in [3.8, 4) is 0 Å². The van der Waals surface area contributed by atoms with E-state index < -0.39 is 0 Å². The van der Waals surface area contributed by atoms with Gasteiger partial charge < -0.3 is 4.42 Å². The molecule has 0 fully saturated rings. The third-order valence-electron chi connectivity index (χ3n) is 2.24. The molecule has 0 saturated carbocycles. The van der Waals surface area contributed by atoms with Crippen LogP contribution < -0.4 is 0 Å². The second-order valence-corrected chi connectivity index (χ2v) is 3.10. The summed E-state index contributed by atoms with van der Waals surface area (Å²) in [6.07, 6.45) is 3.20. The van der Waals surface area contributed by atoms with E-state index in [4.69, 9.17) is 4.42 Å². The van der Waals surface area contributed by atoms with Crippen LogP contribution in [0.25, 0.3) is 22.2 Å². The predicted octanol–water partition coefficient (Wildman–Crippen LogP) is 2.08. The first kappa shape index (κ1) is 7.44. The number of aromatic nitrogens is 3. The van der Waals surface area contributed by atoms with Gasteiger partial charge in [0.15, 0.2) is 0 Å². The third kappa shape index (κ3) is 0.849. The molecule has 0 saturated heterocycles. The summed E-state index contributed by atoms with van der Waals surface area (Å²) >= 11 is 0. The molecule has 14 heavy (non-hydrogen) atoms. The van der Waals surface area contributed by atoms with Crippen molar-refractivity contribution in [3.05, 3.63) is 30.4 Å². The van der Waals surface area contributed by atoms with E-state index in [1.165, 1.54) is 6.33 Å². The van der Waals surface area contributed by atoms with Crippen LogP contribution >= 0.6 is 0 Å². The maximum atomic E-state index is 5.47. The van der Waals surface area contributed by atoms with E-state index in [1.54, 1.807) is 6.20 Å². The van der Waals surface area contributed by atoms with Crippen LogP contribution in [0.1, 0.15) is 5.69 Å². The lowest BCUT2D eigenvalue weighted by atomic mass is 10.2. The summed E-state index contributed by atoms with van der Waals surface area (Å²) in [6, 6.07) is 3.84. The molecule has 4 heteroatoms. The maximum Gasteiger partial charge on any atom is 0.232 e. The summed E-state index contributed by atoms with van der Waals surface area (Å²) < 4.78 is 5.47. The zero-order valence-corrected chi connectivity index (χ0v) is 7.56. The van der Waals surface area contributed by atoms with Crippen molar-refractivity contribution in [1.82, 2.24) is 15.0 Å². The van der Waals surface area contributed by atoms with Gasteiger partial charge in [-0.15, -0.1) is 0 Å². The number of aryl methyl sites for hydroxylation is 1. The highest BCUT2D eigenvalue weighted by Gasteiger charge is 2.10. The Kier molecular flexibility index (Phi) is 1.33. The molecule has 0 spiro atoms. The Labute approximate surface area is 79.6 Å². The lowest BCUT2D eigenvalue weighted by Crippen LogP contribution is -1.82. The molecule has 0 aliphatic carbocycles. The first-order valence-corrected chi connectivity index (χ1v) is 4.31. The average Bonchev–Trinajstić information content (AvgIpc) is 2.57. The van der Waals surface area contributed by atoms with Crippen molar-refractivity contribution in [2.24, 2.45) is 0 Å². The first-order chi connectivity index (χ1) is 6.86. The van der Waals surface area contributed by atoms with Crippen LogP contribution in [0.4, 0.5) is 0 Å². The lowest BCUT2D eigenvalue weighted by Gasteiger charge is -1.91. The molecule has 3 heterocycles. The molecule has 68 valence electrons. The van der Waals surface area contributed by atoms with E-state index in [2.05, 4.69) is 15.0 Å². The second-order valence-electron chi connectivity index (χ2n) is 3.10. The molecular weight excluding hydrogens is 178 g/mol. The summed E-state index contributed by atoms with van der Waals surface area (Å²) in [5.41, 5.74) is 2.14. The van der Waals surface area contributed by atoms with E-state index in [9.17, 15) is 0 Å². The Bertz CT molecular complexity index is 615. The van der Waals surface area contributed by atoms with Crippen molar-refractivity contribution < 1.29 is 4.42 Å². The van der Waals surface area contributed by atoms with E-state index >= 15 is 0 Å². The fraction of sp³-hybridized carbons (Fsp3) is 0.100. The third-order valence-corrected chi connectivity index (χ3v) is 2.24. The number of furan rings is 1. The normalized spacial score (nSPS) is 11.2. The molecule has 0 aliphatic heterocycles. The average molecular weight is 185 g/mol. The van der Waals surface area contributed by atoms with Crippen LogP contribution in [0, 0.1) is 6.92 Å². The van der Waals surface area contributed by atoms with Gasteiger partial charge in [0.1, 0.15) is 6.33 Å². The van der Waals surface area contributed by atoms with Gasteiger partial charge in [-0.3, -0.25) is 0 Å². The zero-order chi connectivity index (χ0) is 9.54. The van der Waals surface area contributed by atoms with Crippen LogP contribution in [0.5, 0.6) is 0 Å².